The molecule has 0 aromatic carbocycles. The molecule has 1 heterocycles. The lowest BCUT2D eigenvalue weighted by molar-refractivity contribution is 0.142. The van der Waals surface area contributed by atoms with Crippen molar-refractivity contribution in [2.24, 2.45) is 10.9 Å². The van der Waals surface area contributed by atoms with Crippen molar-refractivity contribution < 1.29 is 9.94 Å². The minimum atomic E-state index is 0.220. The van der Waals surface area contributed by atoms with E-state index in [1.54, 1.807) is 13.4 Å². The van der Waals surface area contributed by atoms with Crippen LogP contribution in [0.4, 0.5) is 0 Å². The third kappa shape index (κ3) is 5.14. The Kier molecular flexibility index (Phi) is 6.96. The Morgan fingerprint density at radius 2 is 2.30 bits per heavy atom. The molecule has 1 rings (SSSR count). The van der Waals surface area contributed by atoms with Crippen LogP contribution in [0.5, 0.6) is 0 Å². The average Bonchev–Trinajstić information content (AvgIpc) is 2.89. The highest BCUT2D eigenvalue weighted by Crippen LogP contribution is 2.08. The summed E-state index contributed by atoms with van der Waals surface area (Å²) in [5.41, 5.74) is 5.51. The summed E-state index contributed by atoms with van der Waals surface area (Å²) in [4.78, 5) is 6.43. The molecule has 1 aromatic heterocycles. The Bertz CT molecular complexity index is 418. The molecule has 0 amide bonds. The van der Waals surface area contributed by atoms with E-state index >= 15 is 0 Å². The van der Waals surface area contributed by atoms with Gasteiger partial charge in [-0.2, -0.15) is 5.10 Å². The van der Waals surface area contributed by atoms with Crippen molar-refractivity contribution in [2.45, 2.75) is 32.9 Å². The highest BCUT2D eigenvalue weighted by atomic mass is 16.5. The second kappa shape index (κ2) is 8.49. The van der Waals surface area contributed by atoms with E-state index in [0.29, 0.717) is 26.1 Å². The number of rotatable bonds is 9. The molecule has 0 bridgehead atoms. The number of oxime groups is 1. The first kappa shape index (κ1) is 16.4. The first-order chi connectivity index (χ1) is 9.58. The SMILES string of the molecule is COCCN(CCC(N)=NO)Cc1ncnn1C(C)C. The second-order valence-corrected chi connectivity index (χ2v) is 4.82. The van der Waals surface area contributed by atoms with Gasteiger partial charge in [-0.05, 0) is 13.8 Å². The Hall–Kier alpha value is -1.67. The van der Waals surface area contributed by atoms with Crippen LogP contribution >= 0.6 is 0 Å². The van der Waals surface area contributed by atoms with Gasteiger partial charge in [-0.3, -0.25) is 4.90 Å². The molecule has 0 saturated carbocycles. The minimum absolute atomic E-state index is 0.220. The summed E-state index contributed by atoms with van der Waals surface area (Å²) in [6.45, 7) is 6.82. The number of hydrogen-bond donors (Lipinski definition) is 2. The third-order valence-corrected chi connectivity index (χ3v) is 2.93. The van der Waals surface area contributed by atoms with Gasteiger partial charge in [-0.15, -0.1) is 0 Å². The molecule has 0 unspecified atom stereocenters. The van der Waals surface area contributed by atoms with E-state index in [1.165, 1.54) is 0 Å². The van der Waals surface area contributed by atoms with Gasteiger partial charge in [-0.1, -0.05) is 5.16 Å². The van der Waals surface area contributed by atoms with Gasteiger partial charge in [0.1, 0.15) is 18.0 Å². The van der Waals surface area contributed by atoms with Gasteiger partial charge in [0.25, 0.3) is 0 Å². The van der Waals surface area contributed by atoms with Crippen molar-refractivity contribution in [1.29, 1.82) is 0 Å². The zero-order valence-corrected chi connectivity index (χ0v) is 12.4. The molecule has 8 nitrogen and oxygen atoms in total. The van der Waals surface area contributed by atoms with Crippen LogP contribution in [0.3, 0.4) is 0 Å². The lowest BCUT2D eigenvalue weighted by Gasteiger charge is -2.22. The van der Waals surface area contributed by atoms with Crippen LogP contribution in [-0.4, -0.2) is 57.5 Å². The van der Waals surface area contributed by atoms with Crippen LogP contribution in [0.2, 0.25) is 0 Å². The summed E-state index contributed by atoms with van der Waals surface area (Å²) >= 11 is 0. The van der Waals surface area contributed by atoms with Crippen molar-refractivity contribution >= 4 is 5.84 Å². The van der Waals surface area contributed by atoms with Crippen molar-refractivity contribution in [3.05, 3.63) is 12.2 Å². The summed E-state index contributed by atoms with van der Waals surface area (Å²) < 4.78 is 7.00. The number of ether oxygens (including phenoxy) is 1. The van der Waals surface area contributed by atoms with Crippen LogP contribution in [0.15, 0.2) is 11.5 Å². The molecule has 8 heteroatoms. The largest absolute Gasteiger partial charge is 0.409 e. The van der Waals surface area contributed by atoms with Crippen LogP contribution in [0, 0.1) is 0 Å². The molecule has 0 aliphatic rings. The maximum atomic E-state index is 8.59. The summed E-state index contributed by atoms with van der Waals surface area (Å²) in [5, 5.41) is 15.8. The van der Waals surface area contributed by atoms with Gasteiger partial charge in [-0.25, -0.2) is 9.67 Å². The Labute approximate surface area is 119 Å². The molecule has 1 aromatic rings. The van der Waals surface area contributed by atoms with Gasteiger partial charge in [0.05, 0.1) is 13.2 Å². The van der Waals surface area contributed by atoms with E-state index in [4.69, 9.17) is 15.7 Å². The normalized spacial score (nSPS) is 12.6. The van der Waals surface area contributed by atoms with Crippen LogP contribution in [0.1, 0.15) is 32.1 Å². The standard InChI is InChI=1S/C12H24N6O2/c1-10(2)18-12(14-9-15-18)8-17(6-7-20-3)5-4-11(13)16-19/h9-10,19H,4-8H2,1-3H3,(H2,13,16). The lowest BCUT2D eigenvalue weighted by Crippen LogP contribution is -2.32. The van der Waals surface area contributed by atoms with Crippen LogP contribution < -0.4 is 5.73 Å². The number of nitrogens with two attached hydrogens (primary N) is 1. The minimum Gasteiger partial charge on any atom is -0.409 e. The maximum Gasteiger partial charge on any atom is 0.141 e. The quantitative estimate of drug-likeness (QED) is 0.295. The zero-order valence-electron chi connectivity index (χ0n) is 12.4. The Balaban J connectivity index is 2.65. The third-order valence-electron chi connectivity index (χ3n) is 2.93. The first-order valence-electron chi connectivity index (χ1n) is 6.64. The van der Waals surface area contributed by atoms with E-state index < -0.39 is 0 Å². The molecule has 0 atom stereocenters. The second-order valence-electron chi connectivity index (χ2n) is 4.82. The lowest BCUT2D eigenvalue weighted by atomic mass is 10.3. The fourth-order valence-electron chi connectivity index (χ4n) is 1.83. The molecule has 114 valence electrons. The summed E-state index contributed by atoms with van der Waals surface area (Å²) in [7, 11) is 1.67. The van der Waals surface area contributed by atoms with Gasteiger partial charge in [0, 0.05) is 32.7 Å². The van der Waals surface area contributed by atoms with Crippen molar-refractivity contribution in [3.8, 4) is 0 Å². The zero-order chi connectivity index (χ0) is 15.0. The molecule has 20 heavy (non-hydrogen) atoms. The predicted octanol–water partition coefficient (Wildman–Crippen LogP) is 0.444. The van der Waals surface area contributed by atoms with E-state index in [9.17, 15) is 0 Å². The highest BCUT2D eigenvalue weighted by molar-refractivity contribution is 5.79. The molecule has 0 aliphatic carbocycles. The maximum absolute atomic E-state index is 8.59. The Morgan fingerprint density at radius 1 is 1.55 bits per heavy atom. The van der Waals surface area contributed by atoms with E-state index in [0.717, 1.165) is 12.4 Å². The van der Waals surface area contributed by atoms with E-state index in [1.807, 2.05) is 4.68 Å². The fraction of sp³-hybridized carbons (Fsp3) is 0.750. The first-order valence-corrected chi connectivity index (χ1v) is 6.64. The topological polar surface area (TPSA) is 102 Å². The molecule has 0 radical (unpaired) electrons. The Morgan fingerprint density at radius 3 is 2.90 bits per heavy atom. The predicted molar refractivity (Wildman–Crippen MR) is 75.6 cm³/mol. The van der Waals surface area contributed by atoms with Crippen molar-refractivity contribution in [2.75, 3.05) is 26.8 Å². The highest BCUT2D eigenvalue weighted by Gasteiger charge is 2.13. The van der Waals surface area contributed by atoms with Gasteiger partial charge < -0.3 is 15.7 Å². The van der Waals surface area contributed by atoms with Crippen molar-refractivity contribution in [3.63, 3.8) is 0 Å². The smallest absolute Gasteiger partial charge is 0.141 e. The number of methoxy groups -OCH3 is 1. The number of hydrogen-bond acceptors (Lipinski definition) is 6. The fourth-order valence-corrected chi connectivity index (χ4v) is 1.83. The molecule has 0 saturated heterocycles. The van der Waals surface area contributed by atoms with Crippen molar-refractivity contribution in [1.82, 2.24) is 19.7 Å². The number of amidine groups is 1. The molecule has 0 spiro atoms. The molecular formula is C12H24N6O2. The van der Waals surface area contributed by atoms with Gasteiger partial charge in [0.2, 0.25) is 0 Å². The number of aromatic nitrogens is 3. The van der Waals surface area contributed by atoms with Crippen LogP contribution in [-0.2, 0) is 11.3 Å². The summed E-state index contributed by atoms with van der Waals surface area (Å²) in [6.07, 6.45) is 2.06. The van der Waals surface area contributed by atoms with Gasteiger partial charge >= 0.3 is 0 Å². The van der Waals surface area contributed by atoms with Gasteiger partial charge in [0.15, 0.2) is 0 Å². The molecule has 3 N–H and O–H groups in total. The molecular weight excluding hydrogens is 260 g/mol. The summed E-state index contributed by atoms with van der Waals surface area (Å²) in [5.74, 6) is 1.12. The average molecular weight is 284 g/mol. The van der Waals surface area contributed by atoms with Crippen LogP contribution in [0.25, 0.3) is 0 Å². The van der Waals surface area contributed by atoms with E-state index in [2.05, 4.69) is 34.0 Å². The molecule has 0 aliphatic heterocycles. The monoisotopic (exact) mass is 284 g/mol. The molecule has 0 fully saturated rings. The number of nitrogens with zero attached hydrogens (tertiary/aromatic N) is 5. The summed E-state index contributed by atoms with van der Waals surface area (Å²) in [6, 6.07) is 0.265. The van der Waals surface area contributed by atoms with E-state index in [-0.39, 0.29) is 11.9 Å².